The summed E-state index contributed by atoms with van der Waals surface area (Å²) < 4.78 is 40.9. The van der Waals surface area contributed by atoms with Gasteiger partial charge in [-0.1, -0.05) is 5.16 Å². The summed E-state index contributed by atoms with van der Waals surface area (Å²) in [6.45, 7) is 3.86. The van der Waals surface area contributed by atoms with Gasteiger partial charge in [-0.2, -0.15) is 13.5 Å². The third kappa shape index (κ3) is 7.62. The molecule has 2 saturated heterocycles. The Hall–Kier alpha value is -4.17. The van der Waals surface area contributed by atoms with E-state index in [1.165, 1.54) is 19.2 Å². The molecule has 2 fully saturated rings. The number of carboxylic acids is 1. The highest BCUT2D eigenvalue weighted by molar-refractivity contribution is 7.80. The first-order valence-corrected chi connectivity index (χ1v) is 14.9. The summed E-state index contributed by atoms with van der Waals surface area (Å²) in [6, 6.07) is 6.63. The van der Waals surface area contributed by atoms with Crippen LogP contribution in [0, 0.1) is 5.92 Å². The van der Waals surface area contributed by atoms with Crippen LogP contribution in [0.25, 0.3) is 0 Å². The topological polar surface area (TPSA) is 258 Å². The Morgan fingerprint density at radius 2 is 1.95 bits per heavy atom. The van der Waals surface area contributed by atoms with E-state index in [9.17, 15) is 27.9 Å². The molecule has 1 aromatic carbocycles. The molecule has 19 heteroatoms. The minimum absolute atomic E-state index is 0.0271. The quantitative estimate of drug-likeness (QED) is 0.0579. The molecule has 1 amide bonds. The summed E-state index contributed by atoms with van der Waals surface area (Å²) >= 11 is 0.982. The number of ketones is 1. The maximum absolute atomic E-state index is 13.3. The Morgan fingerprint density at radius 3 is 2.47 bits per heavy atom. The third-order valence-corrected chi connectivity index (χ3v) is 7.65. The molecule has 1 aromatic heterocycles. The average molecular weight is 640 g/mol. The number of aliphatic carboxylic acids is 1. The number of rotatable bonds is 14. The van der Waals surface area contributed by atoms with Crippen LogP contribution in [0.4, 0.5) is 5.13 Å². The van der Waals surface area contributed by atoms with Crippen molar-refractivity contribution in [1.29, 1.82) is 0 Å². The van der Waals surface area contributed by atoms with Crippen LogP contribution < -0.4 is 21.5 Å². The van der Waals surface area contributed by atoms with Gasteiger partial charge in [0.2, 0.25) is 0 Å². The van der Waals surface area contributed by atoms with Crippen molar-refractivity contribution in [3.05, 3.63) is 40.9 Å². The van der Waals surface area contributed by atoms with Crippen molar-refractivity contribution in [3.8, 4) is 5.75 Å². The first-order valence-electron chi connectivity index (χ1n) is 12.6. The van der Waals surface area contributed by atoms with Crippen LogP contribution >= 0.6 is 11.3 Å². The van der Waals surface area contributed by atoms with E-state index in [0.717, 1.165) is 24.4 Å². The van der Waals surface area contributed by atoms with E-state index in [1.54, 1.807) is 24.3 Å². The summed E-state index contributed by atoms with van der Waals surface area (Å²) in [5.74, 6) is -3.50. The summed E-state index contributed by atoms with van der Waals surface area (Å²) in [6.07, 6.45) is -2.15. The minimum atomic E-state index is -4.98. The number of aromatic nitrogens is 1. The van der Waals surface area contributed by atoms with Gasteiger partial charge in [0.25, 0.3) is 12.0 Å². The number of carboxylic acid groups (broad SMARTS) is 1. The Bertz CT molecular complexity index is 1550. The Morgan fingerprint density at radius 1 is 1.28 bits per heavy atom. The van der Waals surface area contributed by atoms with Crippen molar-refractivity contribution in [3.63, 3.8) is 0 Å². The van der Waals surface area contributed by atoms with Gasteiger partial charge in [-0.15, -0.1) is 15.6 Å². The molecule has 7 N–H and O–H groups in total. The molecule has 3 heterocycles. The molecular formula is C24H29N7O10S2. The summed E-state index contributed by atoms with van der Waals surface area (Å²) in [4.78, 5) is 51.2. The number of aliphatic imine (C=N–C) groups is 1. The molecule has 0 bridgehead atoms. The number of nitrogens with one attached hydrogen (secondary N) is 1. The fraction of sp³-hybridized carbons (Fsp3) is 0.417. The second-order valence-corrected chi connectivity index (χ2v) is 12.0. The molecule has 0 radical (unpaired) electrons. The van der Waals surface area contributed by atoms with E-state index in [0.29, 0.717) is 22.2 Å². The van der Waals surface area contributed by atoms with E-state index >= 15 is 0 Å². The second-order valence-electron chi connectivity index (χ2n) is 10.1. The van der Waals surface area contributed by atoms with E-state index in [4.69, 9.17) is 25.6 Å². The van der Waals surface area contributed by atoms with Gasteiger partial charge in [0.1, 0.15) is 23.9 Å². The number of Topliss-reactive ketones (excluding diaryl/α,β-unsaturated/α-hetero) is 1. The lowest BCUT2D eigenvalue weighted by Gasteiger charge is -2.50. The Labute approximate surface area is 249 Å². The van der Waals surface area contributed by atoms with Gasteiger partial charge < -0.3 is 31.5 Å². The lowest BCUT2D eigenvalue weighted by Crippen LogP contribution is -2.68. The normalized spacial score (nSPS) is 19.7. The largest absolute Gasteiger partial charge is 0.489 e. The molecule has 2 aliphatic rings. The molecule has 17 nitrogen and oxygen atoms in total. The average Bonchev–Trinajstić information content (AvgIpc) is 3.34. The number of nitrogens with two attached hydrogens (primary N) is 2. The van der Waals surface area contributed by atoms with Crippen molar-refractivity contribution in [2.45, 2.75) is 38.0 Å². The molecular weight excluding hydrogens is 610 g/mol. The van der Waals surface area contributed by atoms with E-state index in [1.807, 2.05) is 0 Å². The molecule has 0 aliphatic carbocycles. The second kappa shape index (κ2) is 12.6. The zero-order valence-corrected chi connectivity index (χ0v) is 24.5. The number of hydroxylamine groups is 2. The number of hydrogen-bond donors (Lipinski definition) is 5. The summed E-state index contributed by atoms with van der Waals surface area (Å²) in [7, 11) is -4.98. The van der Waals surface area contributed by atoms with Gasteiger partial charge in [-0.25, -0.2) is 9.78 Å². The SMILES string of the molecule is CC1(C)C(CC(=O)/C(=N\O[C@@H](COc2ccc(C(N)=NC3CNC3)cc2)C(=O)O)c2csc(N)n2)C(=O)N1OS(=O)(=O)O. The van der Waals surface area contributed by atoms with Crippen molar-refractivity contribution >= 4 is 56.1 Å². The van der Waals surface area contributed by atoms with Gasteiger partial charge in [-0.3, -0.25) is 19.1 Å². The molecule has 2 aliphatic heterocycles. The molecule has 0 saturated carbocycles. The molecule has 43 heavy (non-hydrogen) atoms. The van der Waals surface area contributed by atoms with Crippen LogP contribution in [0.5, 0.6) is 5.75 Å². The fourth-order valence-corrected chi connectivity index (χ4v) is 5.08. The Kier molecular flexibility index (Phi) is 9.30. The van der Waals surface area contributed by atoms with Gasteiger partial charge in [0, 0.05) is 30.5 Å². The standard InChI is InChI=1S/C24H29N7O10S2/c1-24(2)15(21(33)31(24)41-43(36,37)38)7-17(32)19(16-11-42-23(26)29-16)30-40-18(22(34)35)10-39-14-5-3-12(4-6-14)20(25)28-13-8-27-9-13/h3-6,11,13,15,18,27H,7-10H2,1-2H3,(H2,25,28)(H2,26,29)(H,34,35)(H,36,37,38)/b30-19-/t15?,18-/m0/s1. The number of ether oxygens (including phenoxy) is 1. The predicted octanol–water partition coefficient (Wildman–Crippen LogP) is -0.414. The Balaban J connectivity index is 1.44. The number of amidine groups is 1. The molecule has 4 rings (SSSR count). The maximum atomic E-state index is 13.3. The number of anilines is 1. The van der Waals surface area contributed by atoms with Crippen LogP contribution in [0.15, 0.2) is 39.8 Å². The van der Waals surface area contributed by atoms with Crippen LogP contribution in [0.1, 0.15) is 31.5 Å². The first-order chi connectivity index (χ1) is 20.2. The summed E-state index contributed by atoms with van der Waals surface area (Å²) in [5.41, 5.74) is 10.6. The lowest BCUT2D eigenvalue weighted by atomic mass is 9.74. The van der Waals surface area contributed by atoms with Gasteiger partial charge in [0.15, 0.2) is 16.6 Å². The highest BCUT2D eigenvalue weighted by atomic mass is 32.3. The van der Waals surface area contributed by atoms with Crippen molar-refractivity contribution in [1.82, 2.24) is 15.4 Å². The number of benzene rings is 1. The zero-order chi connectivity index (χ0) is 31.5. The van der Waals surface area contributed by atoms with E-state index in [-0.39, 0.29) is 16.9 Å². The monoisotopic (exact) mass is 639 g/mol. The van der Waals surface area contributed by atoms with E-state index in [2.05, 4.69) is 24.7 Å². The number of amides is 1. The first kappa shape index (κ1) is 31.8. The smallest absolute Gasteiger partial charge is 0.418 e. The molecule has 2 aromatic rings. The van der Waals surface area contributed by atoms with Crippen LogP contribution in [-0.4, -0.2) is 94.7 Å². The molecule has 0 spiro atoms. The predicted molar refractivity (Wildman–Crippen MR) is 152 cm³/mol. The van der Waals surface area contributed by atoms with Crippen molar-refractivity contribution < 1.29 is 46.3 Å². The minimum Gasteiger partial charge on any atom is -0.489 e. The fourth-order valence-electron chi connectivity index (χ4n) is 4.08. The number of carbonyl (C=O) groups excluding carboxylic acids is 2. The molecule has 232 valence electrons. The number of hydrogen-bond acceptors (Lipinski definition) is 14. The van der Waals surface area contributed by atoms with Crippen LogP contribution in [0.2, 0.25) is 0 Å². The number of β-lactam (4-membered cyclic amide) rings is 1. The van der Waals surface area contributed by atoms with Crippen molar-refractivity contribution in [2.75, 3.05) is 25.4 Å². The van der Waals surface area contributed by atoms with Gasteiger partial charge in [0.05, 0.1) is 17.5 Å². The highest BCUT2D eigenvalue weighted by Crippen LogP contribution is 2.40. The molecule has 1 unspecified atom stereocenters. The van der Waals surface area contributed by atoms with Gasteiger partial charge >= 0.3 is 16.4 Å². The number of nitrogens with zero attached hydrogens (tertiary/aromatic N) is 4. The number of carbonyl (C=O) groups is 3. The third-order valence-electron chi connectivity index (χ3n) is 6.64. The molecule has 2 atom stereocenters. The van der Waals surface area contributed by atoms with Gasteiger partial charge in [-0.05, 0) is 38.1 Å². The van der Waals surface area contributed by atoms with Crippen LogP contribution in [0.3, 0.4) is 0 Å². The zero-order valence-electron chi connectivity index (χ0n) is 22.9. The highest BCUT2D eigenvalue weighted by Gasteiger charge is 2.57. The number of nitrogen functional groups attached to an aromatic ring is 1. The van der Waals surface area contributed by atoms with Crippen molar-refractivity contribution in [2.24, 2.45) is 21.8 Å². The summed E-state index contributed by atoms with van der Waals surface area (Å²) in [5, 5.41) is 18.4. The number of thiazole rings is 1. The van der Waals surface area contributed by atoms with Crippen LogP contribution in [-0.2, 0) is 33.9 Å². The number of oxime groups is 1. The van der Waals surface area contributed by atoms with E-state index < -0.39 is 64.4 Å². The lowest BCUT2D eigenvalue weighted by molar-refractivity contribution is -0.228. The maximum Gasteiger partial charge on any atom is 0.418 e.